The summed E-state index contributed by atoms with van der Waals surface area (Å²) in [5.41, 5.74) is 3.35. The van der Waals surface area contributed by atoms with Crippen LogP contribution < -0.4 is 10.2 Å². The monoisotopic (exact) mass is 338 g/mol. The van der Waals surface area contributed by atoms with Gasteiger partial charge in [-0.2, -0.15) is 5.10 Å². The molecule has 3 aromatic carbocycles. The Bertz CT molecular complexity index is 876. The standard InChI is InChI=1S/C19H15ClN2O2/c20-17-7-9-18(10-8-17)24-13-19(23)22-21-12-14-5-6-15-3-1-2-4-16(15)11-14/h1-12H,13H2,(H,22,23)/b21-12-. The van der Waals surface area contributed by atoms with Crippen LogP contribution in [0.25, 0.3) is 10.8 Å². The van der Waals surface area contributed by atoms with Gasteiger partial charge in [0.1, 0.15) is 5.75 Å². The summed E-state index contributed by atoms with van der Waals surface area (Å²) in [5, 5.41) is 6.85. The Hall–Kier alpha value is -2.85. The molecule has 3 aromatic rings. The van der Waals surface area contributed by atoms with Gasteiger partial charge in [0.15, 0.2) is 6.61 Å². The average molecular weight is 339 g/mol. The Labute approximate surface area is 144 Å². The number of rotatable bonds is 5. The van der Waals surface area contributed by atoms with E-state index < -0.39 is 0 Å². The molecule has 3 rings (SSSR count). The number of carbonyl (C=O) groups is 1. The lowest BCUT2D eigenvalue weighted by atomic mass is 10.1. The van der Waals surface area contributed by atoms with Gasteiger partial charge in [0.05, 0.1) is 6.21 Å². The minimum atomic E-state index is -0.331. The van der Waals surface area contributed by atoms with E-state index in [9.17, 15) is 4.79 Å². The van der Waals surface area contributed by atoms with Crippen LogP contribution in [0.3, 0.4) is 0 Å². The van der Waals surface area contributed by atoms with Crippen molar-refractivity contribution in [1.29, 1.82) is 0 Å². The maximum absolute atomic E-state index is 11.7. The van der Waals surface area contributed by atoms with Crippen LogP contribution in [0.15, 0.2) is 71.8 Å². The van der Waals surface area contributed by atoms with Crippen molar-refractivity contribution in [3.63, 3.8) is 0 Å². The van der Waals surface area contributed by atoms with Crippen LogP contribution in [0.5, 0.6) is 5.75 Å². The first-order valence-corrected chi connectivity index (χ1v) is 7.77. The van der Waals surface area contributed by atoms with Crippen molar-refractivity contribution < 1.29 is 9.53 Å². The zero-order valence-corrected chi connectivity index (χ0v) is 13.5. The molecule has 0 aliphatic carbocycles. The largest absolute Gasteiger partial charge is 0.484 e. The van der Waals surface area contributed by atoms with Crippen LogP contribution in [0, 0.1) is 0 Å². The van der Waals surface area contributed by atoms with Crippen molar-refractivity contribution in [2.24, 2.45) is 5.10 Å². The zero-order valence-electron chi connectivity index (χ0n) is 12.8. The molecule has 5 heteroatoms. The maximum Gasteiger partial charge on any atom is 0.277 e. The Morgan fingerprint density at radius 1 is 1.04 bits per heavy atom. The third kappa shape index (κ3) is 4.33. The number of benzene rings is 3. The predicted molar refractivity (Wildman–Crippen MR) is 96.6 cm³/mol. The highest BCUT2D eigenvalue weighted by Gasteiger charge is 2.01. The van der Waals surface area contributed by atoms with Crippen LogP contribution in [0.4, 0.5) is 0 Å². The van der Waals surface area contributed by atoms with Crippen LogP contribution in [0.1, 0.15) is 5.56 Å². The van der Waals surface area contributed by atoms with Crippen LogP contribution >= 0.6 is 11.6 Å². The molecular formula is C19H15ClN2O2. The number of ether oxygens (including phenoxy) is 1. The summed E-state index contributed by atoms with van der Waals surface area (Å²) in [7, 11) is 0. The van der Waals surface area contributed by atoms with E-state index in [1.165, 1.54) is 0 Å². The molecule has 1 N–H and O–H groups in total. The van der Waals surface area contributed by atoms with Crippen molar-refractivity contribution in [1.82, 2.24) is 5.43 Å². The molecule has 0 unspecified atom stereocenters. The van der Waals surface area contributed by atoms with E-state index in [1.807, 2.05) is 42.5 Å². The highest BCUT2D eigenvalue weighted by molar-refractivity contribution is 6.30. The molecule has 0 aromatic heterocycles. The number of hydrogen-bond acceptors (Lipinski definition) is 3. The van der Waals surface area contributed by atoms with E-state index in [1.54, 1.807) is 30.5 Å². The van der Waals surface area contributed by atoms with Gasteiger partial charge >= 0.3 is 0 Å². The molecule has 0 aliphatic heterocycles. The first kappa shape index (κ1) is 16.0. The lowest BCUT2D eigenvalue weighted by molar-refractivity contribution is -0.123. The normalized spacial score (nSPS) is 10.9. The van der Waals surface area contributed by atoms with Gasteiger partial charge in [-0.15, -0.1) is 0 Å². The summed E-state index contributed by atoms with van der Waals surface area (Å²) in [4.78, 5) is 11.7. The smallest absolute Gasteiger partial charge is 0.277 e. The third-order valence-electron chi connectivity index (χ3n) is 3.36. The Morgan fingerprint density at radius 2 is 1.79 bits per heavy atom. The summed E-state index contributed by atoms with van der Waals surface area (Å²) in [6, 6.07) is 20.8. The quantitative estimate of drug-likeness (QED) is 0.564. The SMILES string of the molecule is O=C(COc1ccc(Cl)cc1)N/N=C\c1ccc2ccccc2c1. The van der Waals surface area contributed by atoms with E-state index in [-0.39, 0.29) is 12.5 Å². The van der Waals surface area contributed by atoms with Crippen LogP contribution in [0.2, 0.25) is 5.02 Å². The van der Waals surface area contributed by atoms with Gasteiger partial charge < -0.3 is 4.74 Å². The van der Waals surface area contributed by atoms with Gasteiger partial charge in [0, 0.05) is 5.02 Å². The van der Waals surface area contributed by atoms with Crippen LogP contribution in [-0.4, -0.2) is 18.7 Å². The minimum Gasteiger partial charge on any atom is -0.484 e. The fourth-order valence-corrected chi connectivity index (χ4v) is 2.30. The molecule has 0 fully saturated rings. The summed E-state index contributed by atoms with van der Waals surface area (Å²) in [6.45, 7) is -0.114. The lowest BCUT2D eigenvalue weighted by Crippen LogP contribution is -2.24. The molecule has 0 atom stereocenters. The molecule has 24 heavy (non-hydrogen) atoms. The molecule has 4 nitrogen and oxygen atoms in total. The number of carbonyl (C=O) groups excluding carboxylic acids is 1. The van der Waals surface area contributed by atoms with Gasteiger partial charge in [-0.05, 0) is 46.7 Å². The number of halogens is 1. The number of fused-ring (bicyclic) bond motifs is 1. The molecule has 0 saturated heterocycles. The van der Waals surface area contributed by atoms with Gasteiger partial charge in [0.25, 0.3) is 5.91 Å². The summed E-state index contributed by atoms with van der Waals surface area (Å²) in [6.07, 6.45) is 1.60. The fourth-order valence-electron chi connectivity index (χ4n) is 2.18. The summed E-state index contributed by atoms with van der Waals surface area (Å²) in [5.74, 6) is 0.245. The van der Waals surface area contributed by atoms with E-state index in [0.717, 1.165) is 16.3 Å². The maximum atomic E-state index is 11.7. The summed E-state index contributed by atoms with van der Waals surface area (Å²) < 4.78 is 5.34. The second-order valence-corrected chi connectivity index (χ2v) is 5.58. The molecule has 0 bridgehead atoms. The average Bonchev–Trinajstić information content (AvgIpc) is 2.61. The van der Waals surface area contributed by atoms with E-state index in [0.29, 0.717) is 10.8 Å². The topological polar surface area (TPSA) is 50.7 Å². The van der Waals surface area contributed by atoms with Gasteiger partial charge in [-0.1, -0.05) is 48.0 Å². The number of hydrogen-bond donors (Lipinski definition) is 1. The third-order valence-corrected chi connectivity index (χ3v) is 3.61. The molecule has 0 aliphatic rings. The van der Waals surface area contributed by atoms with E-state index >= 15 is 0 Å². The highest BCUT2D eigenvalue weighted by atomic mass is 35.5. The molecule has 0 radical (unpaired) electrons. The summed E-state index contributed by atoms with van der Waals surface area (Å²) >= 11 is 5.78. The first-order valence-electron chi connectivity index (χ1n) is 7.40. The number of amides is 1. The predicted octanol–water partition coefficient (Wildman–Crippen LogP) is 4.02. The molecule has 0 heterocycles. The Morgan fingerprint density at radius 3 is 2.58 bits per heavy atom. The minimum absolute atomic E-state index is 0.114. The number of hydrazone groups is 1. The van der Waals surface area contributed by atoms with E-state index in [4.69, 9.17) is 16.3 Å². The Kier molecular flexibility index (Phi) is 5.08. The van der Waals surface area contributed by atoms with Crippen molar-refractivity contribution in [2.75, 3.05) is 6.61 Å². The lowest BCUT2D eigenvalue weighted by Gasteiger charge is -2.04. The van der Waals surface area contributed by atoms with Gasteiger partial charge in [0.2, 0.25) is 0 Å². The molecule has 0 saturated carbocycles. The molecular weight excluding hydrogens is 324 g/mol. The highest BCUT2D eigenvalue weighted by Crippen LogP contribution is 2.15. The zero-order chi connectivity index (χ0) is 16.8. The van der Waals surface area contributed by atoms with Gasteiger partial charge in [-0.3, -0.25) is 4.79 Å². The first-order chi connectivity index (χ1) is 11.7. The molecule has 120 valence electrons. The van der Waals surface area contributed by atoms with E-state index in [2.05, 4.69) is 10.5 Å². The Balaban J connectivity index is 1.52. The van der Waals surface area contributed by atoms with Crippen LogP contribution in [-0.2, 0) is 4.79 Å². The fraction of sp³-hybridized carbons (Fsp3) is 0.0526. The number of nitrogens with zero attached hydrogens (tertiary/aromatic N) is 1. The van der Waals surface area contributed by atoms with Crippen molar-refractivity contribution in [3.8, 4) is 5.75 Å². The molecule has 0 spiro atoms. The van der Waals surface area contributed by atoms with Crippen molar-refractivity contribution >= 4 is 34.5 Å². The van der Waals surface area contributed by atoms with Crippen molar-refractivity contribution in [2.45, 2.75) is 0 Å². The van der Waals surface area contributed by atoms with Crippen molar-refractivity contribution in [3.05, 3.63) is 77.3 Å². The molecule has 1 amide bonds. The second kappa shape index (κ2) is 7.62. The van der Waals surface area contributed by atoms with Gasteiger partial charge in [-0.25, -0.2) is 5.43 Å². The second-order valence-electron chi connectivity index (χ2n) is 5.14. The number of nitrogens with one attached hydrogen (secondary N) is 1.